The number of aryl methyl sites for hydroxylation is 1. The van der Waals surface area contributed by atoms with Gasteiger partial charge in [-0.2, -0.15) is 5.10 Å². The standard InChI is InChI=1S/C19H25N3O5/c1-3-26-16-6-5-14(13-17(16)27-4-2)7-10-20-19(25)15-8-11-22(21-15)12-9-18(23)24/h5-6,8,11,13H,3-4,7,9-10,12H2,1-2H3,(H,20,25)(H,23,24). The Morgan fingerprint density at radius 2 is 1.89 bits per heavy atom. The quantitative estimate of drug-likeness (QED) is 0.624. The molecule has 27 heavy (non-hydrogen) atoms. The first-order valence-corrected chi connectivity index (χ1v) is 8.95. The van der Waals surface area contributed by atoms with Crippen LogP contribution in [0.25, 0.3) is 0 Å². The van der Waals surface area contributed by atoms with Crippen LogP contribution in [-0.2, 0) is 17.8 Å². The molecule has 0 bridgehead atoms. The summed E-state index contributed by atoms with van der Waals surface area (Å²) in [6.45, 7) is 5.62. The molecule has 1 aromatic heterocycles. The number of carbonyl (C=O) groups is 2. The summed E-state index contributed by atoms with van der Waals surface area (Å²) in [7, 11) is 0. The van der Waals surface area contributed by atoms with Gasteiger partial charge in [-0.25, -0.2) is 0 Å². The van der Waals surface area contributed by atoms with Crippen LogP contribution in [0.3, 0.4) is 0 Å². The van der Waals surface area contributed by atoms with E-state index in [0.717, 1.165) is 5.56 Å². The second-order valence-electron chi connectivity index (χ2n) is 5.76. The normalized spacial score (nSPS) is 10.4. The van der Waals surface area contributed by atoms with Crippen molar-refractivity contribution in [2.24, 2.45) is 0 Å². The first-order valence-electron chi connectivity index (χ1n) is 8.95. The molecule has 0 saturated heterocycles. The minimum absolute atomic E-state index is 0.0390. The summed E-state index contributed by atoms with van der Waals surface area (Å²) in [5, 5.41) is 15.6. The summed E-state index contributed by atoms with van der Waals surface area (Å²) in [5.41, 5.74) is 1.29. The lowest BCUT2D eigenvalue weighted by Gasteiger charge is -2.12. The Balaban J connectivity index is 1.87. The van der Waals surface area contributed by atoms with Gasteiger partial charge in [0.05, 0.1) is 26.2 Å². The molecule has 1 heterocycles. The highest BCUT2D eigenvalue weighted by Crippen LogP contribution is 2.28. The van der Waals surface area contributed by atoms with Gasteiger partial charge in [0.2, 0.25) is 0 Å². The van der Waals surface area contributed by atoms with Crippen molar-refractivity contribution in [3.8, 4) is 11.5 Å². The number of aromatic nitrogens is 2. The molecule has 1 aromatic carbocycles. The lowest BCUT2D eigenvalue weighted by molar-refractivity contribution is -0.137. The number of rotatable bonds is 11. The van der Waals surface area contributed by atoms with Crippen LogP contribution in [-0.4, -0.2) is 46.5 Å². The van der Waals surface area contributed by atoms with Gasteiger partial charge < -0.3 is 19.9 Å². The molecule has 0 fully saturated rings. The van der Waals surface area contributed by atoms with E-state index in [0.29, 0.717) is 37.7 Å². The van der Waals surface area contributed by atoms with E-state index in [1.807, 2.05) is 32.0 Å². The van der Waals surface area contributed by atoms with E-state index < -0.39 is 5.97 Å². The average Bonchev–Trinajstić information content (AvgIpc) is 3.11. The molecule has 0 spiro atoms. The van der Waals surface area contributed by atoms with Crippen LogP contribution < -0.4 is 14.8 Å². The van der Waals surface area contributed by atoms with Crippen LogP contribution in [0.5, 0.6) is 11.5 Å². The lowest BCUT2D eigenvalue weighted by atomic mass is 10.1. The highest BCUT2D eigenvalue weighted by Gasteiger charge is 2.10. The zero-order chi connectivity index (χ0) is 19.6. The van der Waals surface area contributed by atoms with Crippen molar-refractivity contribution >= 4 is 11.9 Å². The largest absolute Gasteiger partial charge is 0.490 e. The van der Waals surface area contributed by atoms with Crippen LogP contribution in [0.1, 0.15) is 36.3 Å². The fourth-order valence-corrected chi connectivity index (χ4v) is 2.48. The second-order valence-corrected chi connectivity index (χ2v) is 5.76. The predicted molar refractivity (Wildman–Crippen MR) is 99.3 cm³/mol. The highest BCUT2D eigenvalue weighted by atomic mass is 16.5. The molecule has 1 amide bonds. The molecule has 0 saturated carbocycles. The third-order valence-electron chi connectivity index (χ3n) is 3.74. The van der Waals surface area contributed by atoms with Gasteiger partial charge in [0, 0.05) is 12.7 Å². The van der Waals surface area contributed by atoms with Crippen LogP contribution in [0.15, 0.2) is 30.5 Å². The molecule has 0 unspecified atom stereocenters. The number of nitrogens with one attached hydrogen (secondary N) is 1. The number of ether oxygens (including phenoxy) is 2. The number of hydrogen-bond donors (Lipinski definition) is 2. The summed E-state index contributed by atoms with van der Waals surface area (Å²) < 4.78 is 12.6. The topological polar surface area (TPSA) is 103 Å². The second kappa shape index (κ2) is 10.2. The zero-order valence-corrected chi connectivity index (χ0v) is 15.6. The van der Waals surface area contributed by atoms with E-state index in [1.165, 1.54) is 4.68 Å². The SMILES string of the molecule is CCOc1ccc(CCNC(=O)c2ccn(CCC(=O)O)n2)cc1OCC. The molecule has 146 valence electrons. The van der Waals surface area contributed by atoms with E-state index in [-0.39, 0.29) is 24.6 Å². The number of aliphatic carboxylic acids is 1. The van der Waals surface area contributed by atoms with Gasteiger partial charge in [0.25, 0.3) is 5.91 Å². The fourth-order valence-electron chi connectivity index (χ4n) is 2.48. The van der Waals surface area contributed by atoms with E-state index in [4.69, 9.17) is 14.6 Å². The molecular formula is C19H25N3O5. The van der Waals surface area contributed by atoms with E-state index in [1.54, 1.807) is 12.3 Å². The molecule has 2 N–H and O–H groups in total. The average molecular weight is 375 g/mol. The summed E-state index contributed by atoms with van der Waals surface area (Å²) in [5.74, 6) is 0.206. The number of hydrogen-bond acceptors (Lipinski definition) is 5. The summed E-state index contributed by atoms with van der Waals surface area (Å²) in [4.78, 5) is 22.7. The molecule has 8 heteroatoms. The van der Waals surface area contributed by atoms with Gasteiger partial charge in [-0.3, -0.25) is 14.3 Å². The molecule has 0 atom stereocenters. The van der Waals surface area contributed by atoms with Gasteiger partial charge in [-0.15, -0.1) is 0 Å². The van der Waals surface area contributed by atoms with E-state index in [9.17, 15) is 9.59 Å². The van der Waals surface area contributed by atoms with Crippen molar-refractivity contribution < 1.29 is 24.2 Å². The van der Waals surface area contributed by atoms with E-state index >= 15 is 0 Å². The third-order valence-corrected chi connectivity index (χ3v) is 3.74. The monoisotopic (exact) mass is 375 g/mol. The highest BCUT2D eigenvalue weighted by molar-refractivity contribution is 5.92. The molecule has 0 radical (unpaired) electrons. The predicted octanol–water partition coefficient (Wildman–Crippen LogP) is 2.13. The van der Waals surface area contributed by atoms with Crippen molar-refractivity contribution in [3.63, 3.8) is 0 Å². The van der Waals surface area contributed by atoms with Gasteiger partial charge in [-0.1, -0.05) is 6.07 Å². The Hall–Kier alpha value is -3.03. The molecule has 0 aliphatic carbocycles. The lowest BCUT2D eigenvalue weighted by Crippen LogP contribution is -2.26. The number of nitrogens with zero attached hydrogens (tertiary/aromatic N) is 2. The number of carboxylic acids is 1. The Labute approximate surface area is 158 Å². The van der Waals surface area contributed by atoms with Crippen LogP contribution in [0.2, 0.25) is 0 Å². The van der Waals surface area contributed by atoms with E-state index in [2.05, 4.69) is 10.4 Å². The molecular weight excluding hydrogens is 350 g/mol. The Morgan fingerprint density at radius 3 is 2.59 bits per heavy atom. The maximum Gasteiger partial charge on any atom is 0.305 e. The van der Waals surface area contributed by atoms with Crippen molar-refractivity contribution in [1.29, 1.82) is 0 Å². The molecule has 8 nitrogen and oxygen atoms in total. The number of carboxylic acid groups (broad SMARTS) is 1. The molecule has 0 aliphatic rings. The third kappa shape index (κ3) is 6.32. The smallest absolute Gasteiger partial charge is 0.305 e. The Morgan fingerprint density at radius 1 is 1.15 bits per heavy atom. The van der Waals surface area contributed by atoms with Gasteiger partial charge in [0.15, 0.2) is 11.5 Å². The maximum absolute atomic E-state index is 12.1. The van der Waals surface area contributed by atoms with Crippen LogP contribution >= 0.6 is 0 Å². The first-order chi connectivity index (χ1) is 13.0. The van der Waals surface area contributed by atoms with Crippen molar-refractivity contribution in [1.82, 2.24) is 15.1 Å². The Kier molecular flexibility index (Phi) is 7.66. The summed E-state index contributed by atoms with van der Waals surface area (Å²) in [6.07, 6.45) is 2.19. The van der Waals surface area contributed by atoms with Crippen molar-refractivity contribution in [3.05, 3.63) is 41.7 Å². The van der Waals surface area contributed by atoms with Crippen LogP contribution in [0.4, 0.5) is 0 Å². The zero-order valence-electron chi connectivity index (χ0n) is 15.6. The van der Waals surface area contributed by atoms with Crippen molar-refractivity contribution in [2.45, 2.75) is 33.2 Å². The maximum atomic E-state index is 12.1. The molecule has 2 rings (SSSR count). The fraction of sp³-hybridized carbons (Fsp3) is 0.421. The molecule has 0 aliphatic heterocycles. The Bertz CT molecular complexity index is 772. The minimum atomic E-state index is -0.904. The number of carbonyl (C=O) groups excluding carboxylic acids is 1. The first kappa shape index (κ1) is 20.3. The van der Waals surface area contributed by atoms with Crippen molar-refractivity contribution in [2.75, 3.05) is 19.8 Å². The summed E-state index contributed by atoms with van der Waals surface area (Å²) in [6, 6.07) is 7.30. The minimum Gasteiger partial charge on any atom is -0.490 e. The van der Waals surface area contributed by atoms with Gasteiger partial charge in [0.1, 0.15) is 5.69 Å². The van der Waals surface area contributed by atoms with Crippen LogP contribution in [0, 0.1) is 0 Å². The molecule has 2 aromatic rings. The number of amides is 1. The number of benzene rings is 1. The summed E-state index contributed by atoms with van der Waals surface area (Å²) >= 11 is 0. The van der Waals surface area contributed by atoms with Gasteiger partial charge in [-0.05, 0) is 44.0 Å². The van der Waals surface area contributed by atoms with Gasteiger partial charge >= 0.3 is 5.97 Å².